The molecule has 10 aliphatic carbocycles. The van der Waals surface area contributed by atoms with Gasteiger partial charge in [-0.25, -0.2) is 9.69 Å². The average molecular weight is 983 g/mol. The summed E-state index contributed by atoms with van der Waals surface area (Å²) in [4.78, 5) is 74.1. The van der Waals surface area contributed by atoms with Gasteiger partial charge in [0.2, 0.25) is 11.4 Å². The third-order valence-electron chi connectivity index (χ3n) is 25.7. The topological polar surface area (TPSA) is 135 Å². The van der Waals surface area contributed by atoms with Gasteiger partial charge < -0.3 is 15.0 Å². The molecule has 2 N–H and O–H groups in total. The lowest BCUT2D eigenvalue weighted by Crippen LogP contribution is -2.64. The minimum atomic E-state index is -0.780. The highest BCUT2D eigenvalue weighted by molar-refractivity contribution is 6.03. The van der Waals surface area contributed by atoms with E-state index in [-0.39, 0.29) is 113 Å². The van der Waals surface area contributed by atoms with Gasteiger partial charge in [0.25, 0.3) is 0 Å². The fourth-order valence-electron chi connectivity index (χ4n) is 20.2. The third kappa shape index (κ3) is 6.54. The van der Waals surface area contributed by atoms with E-state index in [1.807, 2.05) is 39.0 Å². The van der Waals surface area contributed by atoms with Crippen molar-refractivity contribution in [2.45, 2.75) is 200 Å². The van der Waals surface area contributed by atoms with Crippen LogP contribution in [0, 0.1) is 114 Å². The number of aliphatic hydroxyl groups is 1. The van der Waals surface area contributed by atoms with E-state index in [2.05, 4.69) is 85.9 Å². The molecule has 0 heterocycles. The maximum absolute atomic E-state index is 14.3. The fraction of sp³-hybridized carbons (Fsp3) is 0.762. The second-order valence-corrected chi connectivity index (χ2v) is 29.7. The van der Waals surface area contributed by atoms with Crippen molar-refractivity contribution in [3.63, 3.8) is 0 Å². The molecular weight excluding hydrogens is 897 g/mol. The van der Waals surface area contributed by atoms with Crippen LogP contribution in [0.5, 0.6) is 0 Å². The predicted molar refractivity (Wildman–Crippen MR) is 279 cm³/mol. The first-order valence-corrected chi connectivity index (χ1v) is 27.7. The Morgan fingerprint density at radius 2 is 1.06 bits per heavy atom. The van der Waals surface area contributed by atoms with Gasteiger partial charge in [-0.15, -0.1) is 0 Å². The van der Waals surface area contributed by atoms with E-state index in [1.165, 1.54) is 5.57 Å². The number of ketones is 4. The number of fused-ring (bicyclic) bond motifs is 14. The Morgan fingerprint density at radius 1 is 0.597 bits per heavy atom. The molecule has 0 bridgehead atoms. The molecule has 10 rings (SSSR count). The van der Waals surface area contributed by atoms with Crippen molar-refractivity contribution >= 4 is 29.1 Å². The Kier molecular flexibility index (Phi) is 11.5. The number of nitrogens with zero attached hydrogens (tertiary/aromatic N) is 2. The monoisotopic (exact) mass is 983 g/mol. The highest BCUT2D eigenvalue weighted by Gasteiger charge is 2.72. The molecule has 0 saturated heterocycles. The lowest BCUT2D eigenvalue weighted by molar-refractivity contribution is -0.179. The van der Waals surface area contributed by atoms with Crippen LogP contribution in [0.1, 0.15) is 200 Å². The summed E-state index contributed by atoms with van der Waals surface area (Å²) in [5.41, 5.74) is -0.930. The van der Waals surface area contributed by atoms with Gasteiger partial charge in [-0.2, -0.15) is 0 Å². The van der Waals surface area contributed by atoms with Gasteiger partial charge in [-0.3, -0.25) is 19.2 Å². The molecule has 0 radical (unpaired) electrons. The Bertz CT molecular complexity index is 2710. The lowest BCUT2D eigenvalue weighted by atomic mass is 9.34. The number of carboxylic acid groups (broad SMARTS) is 1. The Labute approximate surface area is 431 Å². The van der Waals surface area contributed by atoms with E-state index >= 15 is 0 Å². The zero-order valence-electron chi connectivity index (χ0n) is 46.6. The largest absolute Gasteiger partial charge is 0.523 e. The molecule has 72 heavy (non-hydrogen) atoms. The molecular formula is C63H86N2O7. The molecule has 0 amide bonds. The summed E-state index contributed by atoms with van der Waals surface area (Å²) in [5.74, 6) is 0.266. The quantitative estimate of drug-likeness (QED) is 0.263. The molecule has 6 fully saturated rings. The molecule has 390 valence electrons. The number of Topliss-reactive ketones (excluding diaryl/α,β-unsaturated/α-hetero) is 2. The van der Waals surface area contributed by atoms with E-state index in [0.29, 0.717) is 25.0 Å². The van der Waals surface area contributed by atoms with Crippen molar-refractivity contribution < 1.29 is 34.2 Å². The van der Waals surface area contributed by atoms with Crippen molar-refractivity contribution in [2.75, 3.05) is 0 Å². The van der Waals surface area contributed by atoms with Gasteiger partial charge in [0.1, 0.15) is 11.5 Å². The van der Waals surface area contributed by atoms with Gasteiger partial charge in [0, 0.05) is 33.5 Å². The van der Waals surface area contributed by atoms with Gasteiger partial charge in [-0.05, 0) is 184 Å². The lowest BCUT2D eigenvalue weighted by Gasteiger charge is -2.69. The van der Waals surface area contributed by atoms with E-state index in [9.17, 15) is 34.2 Å². The highest BCUT2D eigenvalue weighted by atomic mass is 16.4. The number of carboxylic acids is 1. The first-order chi connectivity index (χ1) is 33.0. The second kappa shape index (κ2) is 15.7. The van der Waals surface area contributed by atoms with Crippen LogP contribution in [0.25, 0.3) is 9.69 Å². The molecule has 0 aromatic carbocycles. The molecule has 9 heteroatoms. The number of rotatable bonds is 2. The molecule has 0 spiro atoms. The third-order valence-corrected chi connectivity index (χ3v) is 25.7. The van der Waals surface area contributed by atoms with Crippen LogP contribution in [0.4, 0.5) is 0 Å². The smallest absolute Gasteiger partial charge is 0.309 e. The summed E-state index contributed by atoms with van der Waals surface area (Å²) in [6.45, 7) is 47.7. The number of aliphatic hydroxyl groups excluding tert-OH is 1. The predicted octanol–water partition coefficient (Wildman–Crippen LogP) is 14.5. The van der Waals surface area contributed by atoms with Gasteiger partial charge in [0.05, 0.1) is 18.6 Å². The Morgan fingerprint density at radius 3 is 1.54 bits per heavy atom. The van der Waals surface area contributed by atoms with E-state index in [0.717, 1.165) is 82.6 Å². The van der Waals surface area contributed by atoms with E-state index in [1.54, 1.807) is 6.92 Å². The molecule has 0 aliphatic heterocycles. The van der Waals surface area contributed by atoms with Gasteiger partial charge in [0.15, 0.2) is 17.3 Å². The first kappa shape index (κ1) is 52.7. The fourth-order valence-corrected chi connectivity index (χ4v) is 20.2. The Hall–Kier alpha value is -4.11. The number of hydrogen-bond donors (Lipinski definition) is 2. The SMILES string of the molecule is [C-]#[N+]C1=C(O)C(C)(C)[C@@H]2CC[C@]3(C)C(=CC(=O)[C@@H]4[C@@H]5C[C@@](C)(C(=O)O)CC[C@]5(C)CC[C@]43C)[C@@]2(C)C1.[C-]#[N+]C1=C[C@]2(C)C3=CC(=O)[C@@H]4[C@@H]5C[C@@](C)(C(C)=O)CC[C@]5(C)CC[C@@]4(C)[C@]3(C)CC[C@H]2C(C)(C)C1=O. The van der Waals surface area contributed by atoms with Crippen molar-refractivity contribution in [3.8, 4) is 0 Å². The summed E-state index contributed by atoms with van der Waals surface area (Å²) >= 11 is 0. The zero-order chi connectivity index (χ0) is 53.4. The average Bonchev–Trinajstić information content (AvgIpc) is 3.29. The van der Waals surface area contributed by atoms with Crippen LogP contribution in [0.3, 0.4) is 0 Å². The standard InChI is InChI=1S/C32H43NO3.C31H43NO4/c1-19(34)29(5)13-12-28(4)14-15-32(8)25(20(28)17-29)22(35)16-24-30(6)18-21(33-9)26(36)27(2,3)23(30)10-11-31(24,32)7;1-26(2)21-9-10-30(6)22(29(21,5)17-19(32-8)24(26)34)15-20(33)23-18-16-28(4,25(35)36)12-11-27(18,3)13-14-31(23,30)7/h16,18,20,23,25H,10-15,17H2,1-8H3;15,18,21,23,34H,9-14,16-17H2,1-7H3,(H,35,36)/t20-,23-,25-,28+,29-,30-,31+,32+;18-,21-,23-,27+,28-,29-,30+,31+/m00/s1. The number of carbonyl (C=O) groups is 5. The number of hydrogen-bond acceptors (Lipinski definition) is 6. The number of aliphatic carboxylic acids is 1. The van der Waals surface area contributed by atoms with Crippen LogP contribution in [0.15, 0.2) is 46.5 Å². The van der Waals surface area contributed by atoms with Crippen LogP contribution in [-0.2, 0) is 24.0 Å². The maximum Gasteiger partial charge on any atom is 0.309 e. The van der Waals surface area contributed by atoms with Crippen LogP contribution in [-0.4, -0.2) is 39.3 Å². The molecule has 0 aromatic rings. The van der Waals surface area contributed by atoms with E-state index in [4.69, 9.17) is 13.1 Å². The van der Waals surface area contributed by atoms with Crippen LogP contribution in [0.2, 0.25) is 0 Å². The summed E-state index contributed by atoms with van der Waals surface area (Å²) in [6, 6.07) is 0. The molecule has 6 saturated carbocycles. The highest BCUT2D eigenvalue weighted by Crippen LogP contribution is 2.77. The minimum absolute atomic E-state index is 0.00374. The van der Waals surface area contributed by atoms with Crippen molar-refractivity contribution in [1.82, 2.24) is 0 Å². The molecule has 10 aliphatic rings. The second-order valence-electron chi connectivity index (χ2n) is 29.7. The molecule has 0 aromatic heterocycles. The maximum atomic E-state index is 14.3. The molecule has 16 atom stereocenters. The summed E-state index contributed by atoms with van der Waals surface area (Å²) in [7, 11) is 0. The zero-order valence-corrected chi connectivity index (χ0v) is 46.6. The number of carbonyl (C=O) groups excluding carboxylic acids is 4. The van der Waals surface area contributed by atoms with Crippen LogP contribution >= 0.6 is 0 Å². The summed E-state index contributed by atoms with van der Waals surface area (Å²) < 4.78 is 0. The van der Waals surface area contributed by atoms with Crippen molar-refractivity contribution in [1.29, 1.82) is 0 Å². The van der Waals surface area contributed by atoms with Crippen molar-refractivity contribution in [2.24, 2.45) is 100 Å². The summed E-state index contributed by atoms with van der Waals surface area (Å²) in [6.07, 6.45) is 18.9. The van der Waals surface area contributed by atoms with Gasteiger partial charge >= 0.3 is 5.97 Å². The molecule has 0 unspecified atom stereocenters. The van der Waals surface area contributed by atoms with Gasteiger partial charge in [-0.1, -0.05) is 107 Å². The van der Waals surface area contributed by atoms with Crippen molar-refractivity contribution in [3.05, 3.63) is 69.4 Å². The van der Waals surface area contributed by atoms with Crippen LogP contribution < -0.4 is 0 Å². The normalized spacial score (nSPS) is 49.5. The Balaban J connectivity index is 0.000000178. The number of allylic oxidation sites excluding steroid dienone is 8. The summed E-state index contributed by atoms with van der Waals surface area (Å²) in [5, 5.41) is 21.1. The van der Waals surface area contributed by atoms with E-state index < -0.39 is 27.6 Å². The first-order valence-electron chi connectivity index (χ1n) is 27.7. The minimum Gasteiger partial charge on any atom is -0.523 e. The molecule has 9 nitrogen and oxygen atoms in total.